The molecule has 148 valence electrons. The highest BCUT2D eigenvalue weighted by Gasteiger charge is 2.50. The van der Waals surface area contributed by atoms with E-state index in [1.807, 2.05) is 18.2 Å². The second-order valence-corrected chi connectivity index (χ2v) is 7.60. The van der Waals surface area contributed by atoms with Crippen molar-refractivity contribution >= 4 is 5.91 Å². The molecule has 4 atom stereocenters. The van der Waals surface area contributed by atoms with Crippen LogP contribution in [0.5, 0.6) is 11.5 Å². The molecular weight excluding hydrogens is 350 g/mol. The predicted octanol–water partition coefficient (Wildman–Crippen LogP) is 1.16. The van der Waals surface area contributed by atoms with Crippen molar-refractivity contribution in [1.29, 1.82) is 0 Å². The van der Waals surface area contributed by atoms with E-state index in [4.69, 9.17) is 18.9 Å². The number of hydrogen-bond acceptors (Lipinski definition) is 6. The van der Waals surface area contributed by atoms with E-state index in [1.165, 1.54) is 0 Å². The number of carbonyl (C=O) groups excluding carboxylic acids is 1. The number of rotatable bonds is 5. The number of methoxy groups -OCH3 is 2. The summed E-state index contributed by atoms with van der Waals surface area (Å²) in [5.41, 5.74) is 0.354. The maximum absolute atomic E-state index is 13.4. The van der Waals surface area contributed by atoms with Crippen molar-refractivity contribution in [3.05, 3.63) is 23.8 Å². The fraction of sp³-hybridized carbons (Fsp3) is 0.650. The molecule has 3 fully saturated rings. The quantitative estimate of drug-likeness (QED) is 0.801. The summed E-state index contributed by atoms with van der Waals surface area (Å²) in [6.07, 6.45) is 2.33. The molecule has 1 saturated carbocycles. The van der Waals surface area contributed by atoms with Crippen LogP contribution in [0.4, 0.5) is 0 Å². The first-order chi connectivity index (χ1) is 13.1. The number of ether oxygens (including phenoxy) is 4. The highest BCUT2D eigenvalue weighted by Crippen LogP contribution is 2.44. The second-order valence-electron chi connectivity index (χ2n) is 7.60. The molecule has 0 radical (unpaired) electrons. The molecule has 2 saturated heterocycles. The third kappa shape index (κ3) is 3.07. The molecule has 1 aromatic carbocycles. The molecular formula is C20H27NO6. The zero-order chi connectivity index (χ0) is 19.0. The van der Waals surface area contributed by atoms with Crippen LogP contribution >= 0.6 is 0 Å². The SMILES string of the molecule is COc1ccc(C2(C(=O)N[C@H]3CO[C@H]4[C@@H]3OC[C@H]4O)CCCC2)cc1OC. The van der Waals surface area contributed by atoms with Crippen LogP contribution in [0, 0.1) is 0 Å². The smallest absolute Gasteiger partial charge is 0.231 e. The number of carbonyl (C=O) groups is 1. The van der Waals surface area contributed by atoms with Gasteiger partial charge in [-0.2, -0.15) is 0 Å². The van der Waals surface area contributed by atoms with Crippen LogP contribution in [0.3, 0.4) is 0 Å². The topological polar surface area (TPSA) is 86.3 Å². The average Bonchev–Trinajstić information content (AvgIpc) is 3.41. The van der Waals surface area contributed by atoms with E-state index in [9.17, 15) is 9.90 Å². The fourth-order valence-corrected chi connectivity index (χ4v) is 4.67. The van der Waals surface area contributed by atoms with Crippen LogP contribution in [0.25, 0.3) is 0 Å². The summed E-state index contributed by atoms with van der Waals surface area (Å²) >= 11 is 0. The number of fused-ring (bicyclic) bond motifs is 1. The molecule has 7 nitrogen and oxygen atoms in total. The number of nitrogens with one attached hydrogen (secondary N) is 1. The Morgan fingerprint density at radius 3 is 2.52 bits per heavy atom. The van der Waals surface area contributed by atoms with Crippen molar-refractivity contribution in [2.45, 2.75) is 55.5 Å². The van der Waals surface area contributed by atoms with Gasteiger partial charge in [0.15, 0.2) is 11.5 Å². The highest BCUT2D eigenvalue weighted by atomic mass is 16.6. The standard InChI is InChI=1S/C20H27NO6/c1-24-15-6-5-12(9-16(15)25-2)20(7-3-4-8-20)19(23)21-13-10-26-18-14(22)11-27-17(13)18/h5-6,9,13-14,17-18,22H,3-4,7-8,10-11H2,1-2H3,(H,21,23)/t13-,14+,17+,18+/m0/s1. The largest absolute Gasteiger partial charge is 0.493 e. The van der Waals surface area contributed by atoms with Gasteiger partial charge >= 0.3 is 0 Å². The normalized spacial score (nSPS) is 31.5. The highest BCUT2D eigenvalue weighted by molar-refractivity contribution is 5.89. The van der Waals surface area contributed by atoms with Crippen LogP contribution < -0.4 is 14.8 Å². The molecule has 2 aliphatic heterocycles. The molecule has 0 spiro atoms. The Kier molecular flexibility index (Phi) is 5.01. The van der Waals surface area contributed by atoms with E-state index in [-0.39, 0.29) is 30.8 Å². The van der Waals surface area contributed by atoms with Crippen LogP contribution in [0.15, 0.2) is 18.2 Å². The molecule has 0 unspecified atom stereocenters. The van der Waals surface area contributed by atoms with Gasteiger partial charge in [0.25, 0.3) is 0 Å². The maximum atomic E-state index is 13.4. The molecule has 2 heterocycles. The molecule has 1 amide bonds. The summed E-state index contributed by atoms with van der Waals surface area (Å²) in [5, 5.41) is 13.1. The Morgan fingerprint density at radius 1 is 1.11 bits per heavy atom. The van der Waals surface area contributed by atoms with Gasteiger partial charge in [0.2, 0.25) is 5.91 Å². The Morgan fingerprint density at radius 2 is 1.81 bits per heavy atom. The lowest BCUT2D eigenvalue weighted by Gasteiger charge is -2.31. The van der Waals surface area contributed by atoms with Gasteiger partial charge in [-0.25, -0.2) is 0 Å². The first-order valence-corrected chi connectivity index (χ1v) is 9.54. The molecule has 2 N–H and O–H groups in total. The number of hydrogen-bond donors (Lipinski definition) is 2. The minimum Gasteiger partial charge on any atom is -0.493 e. The van der Waals surface area contributed by atoms with Crippen LogP contribution in [0.2, 0.25) is 0 Å². The van der Waals surface area contributed by atoms with Crippen LogP contribution in [-0.4, -0.2) is 62.8 Å². The van der Waals surface area contributed by atoms with Crippen molar-refractivity contribution in [1.82, 2.24) is 5.32 Å². The molecule has 0 aromatic heterocycles. The summed E-state index contributed by atoms with van der Waals surface area (Å²) in [6.45, 7) is 0.614. The van der Waals surface area contributed by atoms with Gasteiger partial charge in [-0.1, -0.05) is 18.9 Å². The van der Waals surface area contributed by atoms with E-state index >= 15 is 0 Å². The number of benzene rings is 1. The van der Waals surface area contributed by atoms with Crippen molar-refractivity contribution in [2.75, 3.05) is 27.4 Å². The molecule has 0 bridgehead atoms. The van der Waals surface area contributed by atoms with E-state index in [1.54, 1.807) is 14.2 Å². The Balaban J connectivity index is 1.58. The first kappa shape index (κ1) is 18.5. The maximum Gasteiger partial charge on any atom is 0.231 e. The Labute approximate surface area is 158 Å². The predicted molar refractivity (Wildman–Crippen MR) is 97.1 cm³/mol. The van der Waals surface area contributed by atoms with Crippen molar-refractivity contribution in [3.8, 4) is 11.5 Å². The zero-order valence-corrected chi connectivity index (χ0v) is 15.8. The third-order valence-electron chi connectivity index (χ3n) is 6.17. The fourth-order valence-electron chi connectivity index (χ4n) is 4.67. The lowest BCUT2D eigenvalue weighted by atomic mass is 9.77. The molecule has 3 aliphatic rings. The molecule has 7 heteroatoms. The Hall–Kier alpha value is -1.83. The summed E-state index contributed by atoms with van der Waals surface area (Å²) in [6, 6.07) is 5.48. The third-order valence-corrected chi connectivity index (χ3v) is 6.17. The van der Waals surface area contributed by atoms with Crippen molar-refractivity contribution in [3.63, 3.8) is 0 Å². The lowest BCUT2D eigenvalue weighted by molar-refractivity contribution is -0.128. The van der Waals surface area contributed by atoms with Gasteiger partial charge in [-0.3, -0.25) is 4.79 Å². The van der Waals surface area contributed by atoms with Gasteiger partial charge in [0.05, 0.1) is 38.9 Å². The molecule has 1 aliphatic carbocycles. The molecule has 1 aromatic rings. The summed E-state index contributed by atoms with van der Waals surface area (Å²) in [5.74, 6) is 1.27. The van der Waals surface area contributed by atoms with E-state index in [2.05, 4.69) is 5.32 Å². The molecule has 27 heavy (non-hydrogen) atoms. The summed E-state index contributed by atoms with van der Waals surface area (Å²) < 4.78 is 22.1. The van der Waals surface area contributed by atoms with Gasteiger partial charge < -0.3 is 29.4 Å². The first-order valence-electron chi connectivity index (χ1n) is 9.54. The van der Waals surface area contributed by atoms with Crippen LogP contribution in [0.1, 0.15) is 31.2 Å². The average molecular weight is 377 g/mol. The minimum absolute atomic E-state index is 0.00791. The minimum atomic E-state index is -0.622. The van der Waals surface area contributed by atoms with E-state index in [0.717, 1.165) is 31.2 Å². The molecule has 4 rings (SSSR count). The monoisotopic (exact) mass is 377 g/mol. The van der Waals surface area contributed by atoms with E-state index in [0.29, 0.717) is 18.1 Å². The van der Waals surface area contributed by atoms with Gasteiger partial charge in [-0.15, -0.1) is 0 Å². The number of amides is 1. The van der Waals surface area contributed by atoms with E-state index < -0.39 is 11.5 Å². The van der Waals surface area contributed by atoms with Gasteiger partial charge in [0.1, 0.15) is 18.3 Å². The number of aliphatic hydroxyl groups excluding tert-OH is 1. The lowest BCUT2D eigenvalue weighted by Crippen LogP contribution is -2.51. The van der Waals surface area contributed by atoms with Gasteiger partial charge in [0, 0.05) is 0 Å². The van der Waals surface area contributed by atoms with Crippen molar-refractivity contribution in [2.24, 2.45) is 0 Å². The van der Waals surface area contributed by atoms with Crippen LogP contribution in [-0.2, 0) is 19.7 Å². The zero-order valence-electron chi connectivity index (χ0n) is 15.8. The second kappa shape index (κ2) is 7.30. The van der Waals surface area contributed by atoms with Crippen molar-refractivity contribution < 1.29 is 28.8 Å². The summed E-state index contributed by atoms with van der Waals surface area (Å²) in [7, 11) is 3.20. The number of aliphatic hydroxyl groups is 1. The van der Waals surface area contributed by atoms with Gasteiger partial charge in [-0.05, 0) is 30.5 Å². The Bertz CT molecular complexity index is 702. The summed E-state index contributed by atoms with van der Waals surface area (Å²) in [4.78, 5) is 13.4.